The topological polar surface area (TPSA) is 32.3 Å². The SMILES string of the molecule is C[C@@H]1CN(C(=O)Cc2cccc(C(F)(F)F)c2)C[C@@H](C)N1. The molecule has 1 amide bonds. The maximum absolute atomic E-state index is 12.7. The predicted octanol–water partition coefficient (Wildman–Crippen LogP) is 2.46. The van der Waals surface area contributed by atoms with Crippen molar-refractivity contribution >= 4 is 5.91 Å². The molecule has 3 nitrogen and oxygen atoms in total. The first-order valence-electron chi connectivity index (χ1n) is 6.95. The average molecular weight is 300 g/mol. The van der Waals surface area contributed by atoms with Crippen molar-refractivity contribution in [2.75, 3.05) is 13.1 Å². The molecule has 0 radical (unpaired) electrons. The van der Waals surface area contributed by atoms with Crippen molar-refractivity contribution in [2.45, 2.75) is 38.5 Å². The summed E-state index contributed by atoms with van der Waals surface area (Å²) in [6.45, 7) is 5.14. The Kier molecular flexibility index (Phi) is 4.56. The van der Waals surface area contributed by atoms with Crippen LogP contribution in [0.4, 0.5) is 13.2 Å². The lowest BCUT2D eigenvalue weighted by Gasteiger charge is -2.36. The van der Waals surface area contributed by atoms with Crippen molar-refractivity contribution in [3.63, 3.8) is 0 Å². The second-order valence-electron chi connectivity index (χ2n) is 5.64. The molecule has 1 aromatic rings. The maximum Gasteiger partial charge on any atom is 0.416 e. The lowest BCUT2D eigenvalue weighted by Crippen LogP contribution is -2.56. The van der Waals surface area contributed by atoms with Gasteiger partial charge in [-0.25, -0.2) is 0 Å². The molecule has 0 bridgehead atoms. The van der Waals surface area contributed by atoms with Gasteiger partial charge in [-0.2, -0.15) is 13.2 Å². The highest BCUT2D eigenvalue weighted by molar-refractivity contribution is 5.79. The summed E-state index contributed by atoms with van der Waals surface area (Å²) in [5.41, 5.74) is -0.316. The molecule has 2 atom stereocenters. The third kappa shape index (κ3) is 4.20. The van der Waals surface area contributed by atoms with E-state index in [1.54, 1.807) is 11.0 Å². The number of amides is 1. The van der Waals surface area contributed by atoms with Crippen LogP contribution in [0, 0.1) is 0 Å². The molecule has 6 heteroatoms. The highest BCUT2D eigenvalue weighted by Crippen LogP contribution is 2.29. The van der Waals surface area contributed by atoms with Gasteiger partial charge >= 0.3 is 6.18 Å². The quantitative estimate of drug-likeness (QED) is 0.910. The van der Waals surface area contributed by atoms with Crippen LogP contribution in [0.1, 0.15) is 25.0 Å². The Balaban J connectivity index is 2.06. The second-order valence-corrected chi connectivity index (χ2v) is 5.64. The summed E-state index contributed by atoms with van der Waals surface area (Å²) in [6.07, 6.45) is -4.37. The van der Waals surface area contributed by atoms with Gasteiger partial charge in [-0.3, -0.25) is 4.79 Å². The Morgan fingerprint density at radius 3 is 2.48 bits per heavy atom. The van der Waals surface area contributed by atoms with Crippen LogP contribution in [-0.4, -0.2) is 36.0 Å². The summed E-state index contributed by atoms with van der Waals surface area (Å²) >= 11 is 0. The molecule has 1 aliphatic rings. The summed E-state index contributed by atoms with van der Waals surface area (Å²) in [4.78, 5) is 14.0. The zero-order chi connectivity index (χ0) is 15.6. The van der Waals surface area contributed by atoms with Gasteiger partial charge in [0.1, 0.15) is 0 Å². The minimum atomic E-state index is -4.38. The standard InChI is InChI=1S/C15H19F3N2O/c1-10-8-20(9-11(2)19-10)14(21)7-12-4-3-5-13(6-12)15(16,17)18/h3-6,10-11,19H,7-9H2,1-2H3/t10-,11-/m1/s1. The minimum Gasteiger partial charge on any atom is -0.339 e. The molecule has 1 fully saturated rings. The van der Waals surface area contributed by atoms with Gasteiger partial charge in [0.2, 0.25) is 5.91 Å². The van der Waals surface area contributed by atoms with Crippen molar-refractivity contribution in [1.82, 2.24) is 10.2 Å². The normalized spacial score (nSPS) is 23.2. The number of carbonyl (C=O) groups is 1. The molecular formula is C15H19F3N2O. The molecule has 0 saturated carbocycles. The number of benzene rings is 1. The third-order valence-electron chi connectivity index (χ3n) is 3.52. The summed E-state index contributed by atoms with van der Waals surface area (Å²) in [5.74, 6) is -0.130. The second kappa shape index (κ2) is 6.05. The zero-order valence-corrected chi connectivity index (χ0v) is 12.1. The first-order chi connectivity index (χ1) is 9.75. The lowest BCUT2D eigenvalue weighted by atomic mass is 10.1. The van der Waals surface area contributed by atoms with Crippen LogP contribution < -0.4 is 5.32 Å². The van der Waals surface area contributed by atoms with Crippen LogP contribution in [-0.2, 0) is 17.4 Å². The maximum atomic E-state index is 12.7. The summed E-state index contributed by atoms with van der Waals surface area (Å²) in [5, 5.41) is 3.31. The predicted molar refractivity (Wildman–Crippen MR) is 73.8 cm³/mol. The molecule has 0 spiro atoms. The van der Waals surface area contributed by atoms with E-state index in [1.807, 2.05) is 13.8 Å². The Morgan fingerprint density at radius 1 is 1.29 bits per heavy atom. The molecule has 1 heterocycles. The summed E-state index contributed by atoms with van der Waals surface area (Å²) < 4.78 is 38.0. The number of rotatable bonds is 2. The number of carbonyl (C=O) groups excluding carboxylic acids is 1. The van der Waals surface area contributed by atoms with Crippen LogP contribution in [0.15, 0.2) is 24.3 Å². The van der Waals surface area contributed by atoms with Gasteiger partial charge in [0.05, 0.1) is 12.0 Å². The van der Waals surface area contributed by atoms with E-state index in [4.69, 9.17) is 0 Å². The minimum absolute atomic E-state index is 0.00333. The first kappa shape index (κ1) is 15.8. The van der Waals surface area contributed by atoms with E-state index in [0.29, 0.717) is 18.7 Å². The Hall–Kier alpha value is -1.56. The monoisotopic (exact) mass is 300 g/mol. The number of nitrogens with one attached hydrogen (secondary N) is 1. The van der Waals surface area contributed by atoms with Crippen molar-refractivity contribution in [3.05, 3.63) is 35.4 Å². The highest BCUT2D eigenvalue weighted by atomic mass is 19.4. The third-order valence-corrected chi connectivity index (χ3v) is 3.52. The summed E-state index contributed by atoms with van der Waals surface area (Å²) in [7, 11) is 0. The van der Waals surface area contributed by atoms with Gasteiger partial charge in [-0.05, 0) is 25.5 Å². The Bertz CT molecular complexity index is 506. The van der Waals surface area contributed by atoms with E-state index in [0.717, 1.165) is 12.1 Å². The number of alkyl halides is 3. The molecule has 116 valence electrons. The zero-order valence-electron chi connectivity index (χ0n) is 12.1. The highest BCUT2D eigenvalue weighted by Gasteiger charge is 2.31. The Morgan fingerprint density at radius 2 is 1.90 bits per heavy atom. The molecule has 0 aromatic heterocycles. The fourth-order valence-corrected chi connectivity index (χ4v) is 2.67. The van der Waals surface area contributed by atoms with Crippen molar-refractivity contribution in [3.8, 4) is 0 Å². The van der Waals surface area contributed by atoms with E-state index in [9.17, 15) is 18.0 Å². The smallest absolute Gasteiger partial charge is 0.339 e. The van der Waals surface area contributed by atoms with Crippen molar-refractivity contribution in [2.24, 2.45) is 0 Å². The summed E-state index contributed by atoms with van der Waals surface area (Å²) in [6, 6.07) is 5.35. The number of piperazine rings is 1. The van der Waals surface area contributed by atoms with E-state index in [-0.39, 0.29) is 24.4 Å². The number of nitrogens with zero attached hydrogens (tertiary/aromatic N) is 1. The number of hydrogen-bond donors (Lipinski definition) is 1. The number of hydrogen-bond acceptors (Lipinski definition) is 2. The van der Waals surface area contributed by atoms with E-state index >= 15 is 0 Å². The molecule has 1 aliphatic heterocycles. The van der Waals surface area contributed by atoms with Crippen LogP contribution in [0.25, 0.3) is 0 Å². The van der Waals surface area contributed by atoms with Gasteiger partial charge in [0.15, 0.2) is 0 Å². The Labute approximate surface area is 122 Å². The van der Waals surface area contributed by atoms with Gasteiger partial charge < -0.3 is 10.2 Å². The van der Waals surface area contributed by atoms with Crippen LogP contribution in [0.5, 0.6) is 0 Å². The van der Waals surface area contributed by atoms with Crippen LogP contribution in [0.3, 0.4) is 0 Å². The lowest BCUT2D eigenvalue weighted by molar-refractivity contribution is -0.138. The van der Waals surface area contributed by atoms with Gasteiger partial charge in [0.25, 0.3) is 0 Å². The van der Waals surface area contributed by atoms with Crippen LogP contribution in [0.2, 0.25) is 0 Å². The molecule has 1 aromatic carbocycles. The van der Waals surface area contributed by atoms with Crippen molar-refractivity contribution in [1.29, 1.82) is 0 Å². The largest absolute Gasteiger partial charge is 0.416 e. The molecular weight excluding hydrogens is 281 g/mol. The van der Waals surface area contributed by atoms with Gasteiger partial charge in [0, 0.05) is 25.2 Å². The van der Waals surface area contributed by atoms with E-state index in [1.165, 1.54) is 6.07 Å². The fraction of sp³-hybridized carbons (Fsp3) is 0.533. The molecule has 2 rings (SSSR count). The number of halogens is 3. The van der Waals surface area contributed by atoms with Gasteiger partial charge in [-0.15, -0.1) is 0 Å². The molecule has 1 N–H and O–H groups in total. The molecule has 1 saturated heterocycles. The molecule has 0 unspecified atom stereocenters. The van der Waals surface area contributed by atoms with E-state index in [2.05, 4.69) is 5.32 Å². The average Bonchev–Trinajstić information content (AvgIpc) is 2.37. The molecule has 21 heavy (non-hydrogen) atoms. The van der Waals surface area contributed by atoms with E-state index < -0.39 is 11.7 Å². The van der Waals surface area contributed by atoms with Gasteiger partial charge in [-0.1, -0.05) is 18.2 Å². The first-order valence-corrected chi connectivity index (χ1v) is 6.95. The van der Waals surface area contributed by atoms with Crippen molar-refractivity contribution < 1.29 is 18.0 Å². The van der Waals surface area contributed by atoms with Crippen LogP contribution >= 0.6 is 0 Å². The molecule has 0 aliphatic carbocycles. The fourth-order valence-electron chi connectivity index (χ4n) is 2.67.